The number of nitrogens with one attached hydrogen (secondary N) is 1. The fourth-order valence-corrected chi connectivity index (χ4v) is 1.51. The summed E-state index contributed by atoms with van der Waals surface area (Å²) in [6.07, 6.45) is -3.47. The zero-order chi connectivity index (χ0) is 14.6. The van der Waals surface area contributed by atoms with Crippen LogP contribution in [-0.2, 0) is 12.6 Å². The summed E-state index contributed by atoms with van der Waals surface area (Å²) < 4.78 is 37.2. The Bertz CT molecular complexity index is 463. The van der Waals surface area contributed by atoms with Crippen molar-refractivity contribution in [1.82, 2.24) is 15.2 Å². The third-order valence-electron chi connectivity index (χ3n) is 2.29. The molecule has 106 valence electrons. The molecule has 0 aliphatic rings. The Morgan fingerprint density at radius 2 is 2.11 bits per heavy atom. The van der Waals surface area contributed by atoms with Gasteiger partial charge in [-0.05, 0) is 6.07 Å². The van der Waals surface area contributed by atoms with Crippen LogP contribution in [0.4, 0.5) is 18.0 Å². The minimum absolute atomic E-state index is 0.0612. The zero-order valence-electron chi connectivity index (χ0n) is 10.4. The van der Waals surface area contributed by atoms with Gasteiger partial charge < -0.3 is 10.2 Å². The molecule has 1 heterocycles. The van der Waals surface area contributed by atoms with Gasteiger partial charge in [0.25, 0.3) is 0 Å². The summed E-state index contributed by atoms with van der Waals surface area (Å²) in [5, 5.41) is 2.51. The van der Waals surface area contributed by atoms with Crippen molar-refractivity contribution in [2.75, 3.05) is 20.6 Å². The molecule has 0 radical (unpaired) electrons. The molecule has 1 aromatic rings. The Kier molecular flexibility index (Phi) is 4.99. The Labute approximate surface area is 113 Å². The molecule has 2 amide bonds. The van der Waals surface area contributed by atoms with Gasteiger partial charge in [-0.3, -0.25) is 4.98 Å². The Morgan fingerprint density at radius 1 is 1.47 bits per heavy atom. The van der Waals surface area contributed by atoms with Gasteiger partial charge in [-0.1, -0.05) is 11.6 Å². The van der Waals surface area contributed by atoms with Gasteiger partial charge in [-0.2, -0.15) is 13.2 Å². The number of carbonyl (C=O) groups excluding carboxylic acids is 1. The van der Waals surface area contributed by atoms with Crippen LogP contribution in [-0.4, -0.2) is 36.6 Å². The van der Waals surface area contributed by atoms with E-state index >= 15 is 0 Å². The number of halogens is 4. The van der Waals surface area contributed by atoms with Crippen LogP contribution >= 0.6 is 11.6 Å². The maximum Gasteiger partial charge on any atom is 0.417 e. The maximum absolute atomic E-state index is 12.4. The summed E-state index contributed by atoms with van der Waals surface area (Å²) in [6.45, 7) is 0.245. The van der Waals surface area contributed by atoms with Crippen molar-refractivity contribution in [3.05, 3.63) is 28.5 Å². The average Bonchev–Trinajstić information content (AvgIpc) is 2.29. The number of alkyl halides is 3. The number of rotatable bonds is 3. The molecule has 0 saturated carbocycles. The van der Waals surface area contributed by atoms with Gasteiger partial charge >= 0.3 is 12.2 Å². The quantitative estimate of drug-likeness (QED) is 0.931. The highest BCUT2D eigenvalue weighted by Gasteiger charge is 2.31. The van der Waals surface area contributed by atoms with E-state index in [1.54, 1.807) is 14.1 Å². The summed E-state index contributed by atoms with van der Waals surface area (Å²) in [6, 6.07) is 0.542. The fraction of sp³-hybridized carbons (Fsp3) is 0.455. The molecule has 0 aliphatic carbocycles. The molecule has 1 aromatic heterocycles. The second-order valence-electron chi connectivity index (χ2n) is 4.03. The Morgan fingerprint density at radius 3 is 2.58 bits per heavy atom. The molecule has 0 atom stereocenters. The Hall–Kier alpha value is -1.50. The van der Waals surface area contributed by atoms with E-state index < -0.39 is 11.7 Å². The van der Waals surface area contributed by atoms with E-state index in [2.05, 4.69) is 10.3 Å². The Balaban J connectivity index is 2.64. The van der Waals surface area contributed by atoms with Crippen LogP contribution in [0.25, 0.3) is 0 Å². The highest BCUT2D eigenvalue weighted by molar-refractivity contribution is 6.31. The maximum atomic E-state index is 12.4. The first-order valence-corrected chi connectivity index (χ1v) is 5.76. The SMILES string of the molecule is CN(C)C(=O)NCCc1ncc(C(F)(F)F)cc1Cl. The standard InChI is InChI=1S/C11H13ClF3N3O/c1-18(2)10(19)16-4-3-9-8(12)5-7(6-17-9)11(13,14)15/h5-6H,3-4H2,1-2H3,(H,16,19). The molecule has 1 rings (SSSR count). The smallest absolute Gasteiger partial charge is 0.338 e. The molecular formula is C11H13ClF3N3O. The number of aromatic nitrogens is 1. The summed E-state index contributed by atoms with van der Waals surface area (Å²) in [5.41, 5.74) is -0.577. The fourth-order valence-electron chi connectivity index (χ4n) is 1.25. The van der Waals surface area contributed by atoms with E-state index in [0.29, 0.717) is 5.69 Å². The molecule has 0 aliphatic heterocycles. The number of pyridine rings is 1. The van der Waals surface area contributed by atoms with Gasteiger partial charge in [0.05, 0.1) is 16.3 Å². The molecular weight excluding hydrogens is 283 g/mol. The highest BCUT2D eigenvalue weighted by atomic mass is 35.5. The van der Waals surface area contributed by atoms with Crippen LogP contribution < -0.4 is 5.32 Å². The van der Waals surface area contributed by atoms with Gasteiger partial charge in [0.2, 0.25) is 0 Å². The molecule has 0 spiro atoms. The third kappa shape index (κ3) is 4.59. The van der Waals surface area contributed by atoms with Crippen LogP contribution in [0.1, 0.15) is 11.3 Å². The van der Waals surface area contributed by atoms with Crippen molar-refractivity contribution < 1.29 is 18.0 Å². The van der Waals surface area contributed by atoms with E-state index in [-0.39, 0.29) is 24.0 Å². The average molecular weight is 296 g/mol. The van der Waals surface area contributed by atoms with Crippen molar-refractivity contribution in [2.45, 2.75) is 12.6 Å². The lowest BCUT2D eigenvalue weighted by molar-refractivity contribution is -0.137. The van der Waals surface area contributed by atoms with E-state index in [1.807, 2.05) is 0 Å². The van der Waals surface area contributed by atoms with Crippen LogP contribution in [0.2, 0.25) is 5.02 Å². The molecule has 1 N–H and O–H groups in total. The van der Waals surface area contributed by atoms with Crippen LogP contribution in [0.15, 0.2) is 12.3 Å². The van der Waals surface area contributed by atoms with Crippen LogP contribution in [0.5, 0.6) is 0 Å². The van der Waals surface area contributed by atoms with E-state index in [4.69, 9.17) is 11.6 Å². The lowest BCUT2D eigenvalue weighted by Gasteiger charge is -2.12. The first-order chi connectivity index (χ1) is 8.71. The molecule has 0 unspecified atom stereocenters. The number of hydrogen-bond acceptors (Lipinski definition) is 2. The lowest BCUT2D eigenvalue weighted by atomic mass is 10.2. The van der Waals surface area contributed by atoms with Crippen LogP contribution in [0.3, 0.4) is 0 Å². The van der Waals surface area contributed by atoms with E-state index in [9.17, 15) is 18.0 Å². The number of amides is 2. The summed E-state index contributed by atoms with van der Waals surface area (Å²) in [4.78, 5) is 16.2. The van der Waals surface area contributed by atoms with E-state index in [0.717, 1.165) is 12.3 Å². The molecule has 4 nitrogen and oxygen atoms in total. The molecule has 0 fully saturated rings. The number of nitrogens with zero attached hydrogens (tertiary/aromatic N) is 2. The third-order valence-corrected chi connectivity index (χ3v) is 2.62. The molecule has 19 heavy (non-hydrogen) atoms. The predicted molar refractivity (Wildman–Crippen MR) is 65.0 cm³/mol. The molecule has 0 saturated heterocycles. The van der Waals surface area contributed by atoms with Gasteiger partial charge in [-0.25, -0.2) is 4.79 Å². The topological polar surface area (TPSA) is 45.2 Å². The number of urea groups is 1. The van der Waals surface area contributed by atoms with Crippen molar-refractivity contribution in [3.8, 4) is 0 Å². The summed E-state index contributed by atoms with van der Waals surface area (Å²) >= 11 is 5.73. The van der Waals surface area contributed by atoms with Gasteiger partial charge in [0, 0.05) is 33.3 Å². The van der Waals surface area contributed by atoms with E-state index in [1.165, 1.54) is 4.90 Å². The second kappa shape index (κ2) is 6.10. The van der Waals surface area contributed by atoms with Crippen LogP contribution in [0, 0.1) is 0 Å². The summed E-state index contributed by atoms with van der Waals surface area (Å²) in [5.74, 6) is 0. The largest absolute Gasteiger partial charge is 0.417 e. The predicted octanol–water partition coefficient (Wildman–Crippen LogP) is 2.57. The number of carbonyl (C=O) groups is 1. The van der Waals surface area contributed by atoms with Crippen molar-refractivity contribution in [1.29, 1.82) is 0 Å². The highest BCUT2D eigenvalue weighted by Crippen LogP contribution is 2.30. The van der Waals surface area contributed by atoms with Gasteiger partial charge in [0.15, 0.2) is 0 Å². The van der Waals surface area contributed by atoms with Crippen molar-refractivity contribution in [2.24, 2.45) is 0 Å². The molecule has 0 bridgehead atoms. The normalized spacial score (nSPS) is 11.3. The second-order valence-corrected chi connectivity index (χ2v) is 4.43. The monoisotopic (exact) mass is 295 g/mol. The first kappa shape index (κ1) is 15.6. The number of hydrogen-bond donors (Lipinski definition) is 1. The molecule has 8 heteroatoms. The van der Waals surface area contributed by atoms with Crippen molar-refractivity contribution >= 4 is 17.6 Å². The minimum atomic E-state index is -4.46. The first-order valence-electron chi connectivity index (χ1n) is 5.38. The van der Waals surface area contributed by atoms with Gasteiger partial charge in [-0.15, -0.1) is 0 Å². The van der Waals surface area contributed by atoms with Crippen molar-refractivity contribution in [3.63, 3.8) is 0 Å². The van der Waals surface area contributed by atoms with Gasteiger partial charge in [0.1, 0.15) is 0 Å². The molecule has 0 aromatic carbocycles. The summed E-state index contributed by atoms with van der Waals surface area (Å²) in [7, 11) is 3.16. The lowest BCUT2D eigenvalue weighted by Crippen LogP contribution is -2.35. The minimum Gasteiger partial charge on any atom is -0.338 e. The zero-order valence-corrected chi connectivity index (χ0v) is 11.1.